The van der Waals surface area contributed by atoms with E-state index in [2.05, 4.69) is 20.8 Å². The number of aryl methyl sites for hydroxylation is 2. The van der Waals surface area contributed by atoms with Gasteiger partial charge in [0, 0.05) is 5.69 Å². The molecule has 6 nitrogen and oxygen atoms in total. The molecule has 8 heteroatoms. The summed E-state index contributed by atoms with van der Waals surface area (Å²) in [4.78, 5) is 11.9. The molecule has 2 amide bonds. The average Bonchev–Trinajstić information content (AvgIpc) is 3.05. The van der Waals surface area contributed by atoms with Crippen LogP contribution in [0, 0.1) is 19.7 Å². The maximum atomic E-state index is 12.9. The molecular formula is C18H17FN4O2S. The number of urea groups is 1. The lowest BCUT2D eigenvalue weighted by Crippen LogP contribution is -2.19. The fraction of sp³-hybridized carbons (Fsp3) is 0.167. The third kappa shape index (κ3) is 4.76. The molecule has 0 spiro atoms. The fourth-order valence-electron chi connectivity index (χ4n) is 2.10. The predicted octanol–water partition coefficient (Wildman–Crippen LogP) is 4.52. The summed E-state index contributed by atoms with van der Waals surface area (Å²) < 4.78 is 18.6. The molecule has 2 N–H and O–H groups in total. The highest BCUT2D eigenvalue weighted by Crippen LogP contribution is 2.20. The number of nitrogens with one attached hydrogen (secondary N) is 2. The van der Waals surface area contributed by atoms with Gasteiger partial charge in [0.25, 0.3) is 0 Å². The lowest BCUT2D eigenvalue weighted by Gasteiger charge is -2.06. The Morgan fingerprint density at radius 1 is 1.08 bits per heavy atom. The minimum Gasteiger partial charge on any atom is -0.486 e. The number of anilines is 2. The zero-order chi connectivity index (χ0) is 18.5. The van der Waals surface area contributed by atoms with E-state index < -0.39 is 6.03 Å². The van der Waals surface area contributed by atoms with E-state index in [0.29, 0.717) is 15.8 Å². The number of carbonyl (C=O) groups excluding carboxylic acids is 1. The number of ether oxygens (including phenoxy) is 1. The van der Waals surface area contributed by atoms with Gasteiger partial charge in [-0.25, -0.2) is 9.18 Å². The van der Waals surface area contributed by atoms with Crippen molar-refractivity contribution in [3.63, 3.8) is 0 Å². The minimum atomic E-state index is -0.477. The molecule has 2 aromatic carbocycles. The van der Waals surface area contributed by atoms with Crippen LogP contribution in [-0.4, -0.2) is 16.2 Å². The molecule has 0 saturated carbocycles. The van der Waals surface area contributed by atoms with Gasteiger partial charge in [0.2, 0.25) is 5.13 Å². The summed E-state index contributed by atoms with van der Waals surface area (Å²) in [6.45, 7) is 4.33. The van der Waals surface area contributed by atoms with Gasteiger partial charge in [-0.15, -0.1) is 10.2 Å². The standard InChI is InChI=1S/C18H17FN4O2S/c1-11-3-8-15(9-12(11)2)25-10-16-22-23-18(26-16)21-17(24)20-14-6-4-13(19)5-7-14/h3-9H,10H2,1-2H3,(H2,20,21,23,24). The van der Waals surface area contributed by atoms with Gasteiger partial charge in [-0.1, -0.05) is 17.4 Å². The number of amides is 2. The van der Waals surface area contributed by atoms with Crippen molar-refractivity contribution in [1.29, 1.82) is 0 Å². The van der Waals surface area contributed by atoms with Crippen LogP contribution in [0.1, 0.15) is 16.1 Å². The third-order valence-corrected chi connectivity index (χ3v) is 4.44. The van der Waals surface area contributed by atoms with Crippen LogP contribution in [0.2, 0.25) is 0 Å². The number of halogens is 1. The molecule has 134 valence electrons. The normalized spacial score (nSPS) is 10.4. The second-order valence-electron chi connectivity index (χ2n) is 5.62. The summed E-state index contributed by atoms with van der Waals surface area (Å²) >= 11 is 1.22. The molecule has 0 radical (unpaired) electrons. The number of hydrogen-bond donors (Lipinski definition) is 2. The van der Waals surface area contributed by atoms with Gasteiger partial charge >= 0.3 is 6.03 Å². The molecule has 0 bridgehead atoms. The lowest BCUT2D eigenvalue weighted by molar-refractivity contribution is 0.262. The van der Waals surface area contributed by atoms with Crippen molar-refractivity contribution in [1.82, 2.24) is 10.2 Å². The van der Waals surface area contributed by atoms with E-state index in [0.717, 1.165) is 11.3 Å². The van der Waals surface area contributed by atoms with Crippen molar-refractivity contribution in [2.75, 3.05) is 10.6 Å². The van der Waals surface area contributed by atoms with Crippen molar-refractivity contribution >= 4 is 28.2 Å². The first kappa shape index (κ1) is 17.8. The zero-order valence-electron chi connectivity index (χ0n) is 14.2. The van der Waals surface area contributed by atoms with Crippen LogP contribution in [0.3, 0.4) is 0 Å². The molecule has 3 rings (SSSR count). The van der Waals surface area contributed by atoms with Crippen molar-refractivity contribution < 1.29 is 13.9 Å². The zero-order valence-corrected chi connectivity index (χ0v) is 15.1. The summed E-state index contributed by atoms with van der Waals surface area (Å²) in [5.74, 6) is 0.389. The van der Waals surface area contributed by atoms with Gasteiger partial charge in [0.1, 0.15) is 18.2 Å². The Morgan fingerprint density at radius 3 is 2.58 bits per heavy atom. The molecule has 0 aliphatic rings. The summed E-state index contributed by atoms with van der Waals surface area (Å²) in [5, 5.41) is 14.1. The molecule has 0 atom stereocenters. The number of rotatable bonds is 5. The summed E-state index contributed by atoms with van der Waals surface area (Å²) in [7, 11) is 0. The molecular weight excluding hydrogens is 355 g/mol. The van der Waals surface area contributed by atoms with Crippen molar-refractivity contribution in [2.45, 2.75) is 20.5 Å². The van der Waals surface area contributed by atoms with E-state index >= 15 is 0 Å². The highest BCUT2D eigenvalue weighted by Gasteiger charge is 2.09. The maximum Gasteiger partial charge on any atom is 0.325 e. The van der Waals surface area contributed by atoms with E-state index in [1.807, 2.05) is 32.0 Å². The smallest absolute Gasteiger partial charge is 0.325 e. The van der Waals surface area contributed by atoms with Crippen LogP contribution < -0.4 is 15.4 Å². The topological polar surface area (TPSA) is 76.1 Å². The first-order chi connectivity index (χ1) is 12.5. The van der Waals surface area contributed by atoms with Crippen LogP contribution in [0.15, 0.2) is 42.5 Å². The Labute approximate surface area is 154 Å². The molecule has 0 fully saturated rings. The van der Waals surface area contributed by atoms with Gasteiger partial charge in [-0.2, -0.15) is 0 Å². The quantitative estimate of drug-likeness (QED) is 0.690. The number of carbonyl (C=O) groups is 1. The Balaban J connectivity index is 1.53. The van der Waals surface area contributed by atoms with E-state index in [9.17, 15) is 9.18 Å². The summed E-state index contributed by atoms with van der Waals surface area (Å²) in [5.41, 5.74) is 2.83. The summed E-state index contributed by atoms with van der Waals surface area (Å²) in [6.07, 6.45) is 0. The van der Waals surface area contributed by atoms with Crippen molar-refractivity contribution in [2.24, 2.45) is 0 Å². The molecule has 0 aliphatic heterocycles. The Hall–Kier alpha value is -3.00. The molecule has 1 heterocycles. The molecule has 0 unspecified atom stereocenters. The number of nitrogens with zero attached hydrogens (tertiary/aromatic N) is 2. The van der Waals surface area contributed by atoms with E-state index in [1.54, 1.807) is 0 Å². The average molecular weight is 372 g/mol. The molecule has 1 aromatic heterocycles. The Morgan fingerprint density at radius 2 is 1.85 bits per heavy atom. The minimum absolute atomic E-state index is 0.265. The number of aromatic nitrogens is 2. The Kier molecular flexibility index (Phi) is 5.43. The van der Waals surface area contributed by atoms with E-state index in [4.69, 9.17) is 4.74 Å². The van der Waals surface area contributed by atoms with Crippen LogP contribution in [0.5, 0.6) is 5.75 Å². The third-order valence-electron chi connectivity index (χ3n) is 3.63. The Bertz CT molecular complexity index is 912. The second-order valence-corrected chi connectivity index (χ2v) is 6.68. The monoisotopic (exact) mass is 372 g/mol. The number of hydrogen-bond acceptors (Lipinski definition) is 5. The SMILES string of the molecule is Cc1ccc(OCc2nnc(NC(=O)Nc3ccc(F)cc3)s2)cc1C. The highest BCUT2D eigenvalue weighted by molar-refractivity contribution is 7.15. The number of benzene rings is 2. The van der Waals surface area contributed by atoms with E-state index in [1.165, 1.54) is 41.2 Å². The largest absolute Gasteiger partial charge is 0.486 e. The van der Waals surface area contributed by atoms with Gasteiger partial charge in [-0.3, -0.25) is 5.32 Å². The second kappa shape index (κ2) is 7.92. The maximum absolute atomic E-state index is 12.9. The highest BCUT2D eigenvalue weighted by atomic mass is 32.1. The van der Waals surface area contributed by atoms with Crippen LogP contribution >= 0.6 is 11.3 Å². The van der Waals surface area contributed by atoms with Gasteiger partial charge in [0.15, 0.2) is 5.01 Å². The molecule has 0 saturated heterocycles. The first-order valence-corrected chi connectivity index (χ1v) is 8.67. The predicted molar refractivity (Wildman–Crippen MR) is 99.2 cm³/mol. The van der Waals surface area contributed by atoms with Crippen LogP contribution in [-0.2, 0) is 6.61 Å². The van der Waals surface area contributed by atoms with Gasteiger partial charge < -0.3 is 10.1 Å². The van der Waals surface area contributed by atoms with Crippen LogP contribution in [0.25, 0.3) is 0 Å². The summed E-state index contributed by atoms with van der Waals surface area (Å²) in [6, 6.07) is 10.9. The first-order valence-electron chi connectivity index (χ1n) is 7.85. The van der Waals surface area contributed by atoms with E-state index in [-0.39, 0.29) is 12.4 Å². The van der Waals surface area contributed by atoms with Crippen molar-refractivity contribution in [3.05, 3.63) is 64.4 Å². The molecule has 26 heavy (non-hydrogen) atoms. The van der Waals surface area contributed by atoms with Crippen LogP contribution in [0.4, 0.5) is 20.0 Å². The lowest BCUT2D eigenvalue weighted by atomic mass is 10.1. The molecule has 3 aromatic rings. The van der Waals surface area contributed by atoms with Gasteiger partial charge in [-0.05, 0) is 61.4 Å². The molecule has 0 aliphatic carbocycles. The fourth-order valence-corrected chi connectivity index (χ4v) is 2.75. The van der Waals surface area contributed by atoms with Gasteiger partial charge in [0.05, 0.1) is 0 Å². The van der Waals surface area contributed by atoms with Crippen molar-refractivity contribution in [3.8, 4) is 5.75 Å².